The molecule has 0 bridgehead atoms. The topological polar surface area (TPSA) is 82.1 Å². The second-order valence-electron chi connectivity index (χ2n) is 10.1. The van der Waals surface area contributed by atoms with Gasteiger partial charge in [0.1, 0.15) is 0 Å². The number of rotatable bonds is 8. The molecule has 0 atom stereocenters. The normalized spacial score (nSPS) is 17.2. The maximum atomic E-state index is 12.5. The molecule has 0 spiro atoms. The van der Waals surface area contributed by atoms with E-state index in [0.29, 0.717) is 36.5 Å². The highest BCUT2D eigenvalue weighted by Crippen LogP contribution is 2.52. The number of carboxylic acid groups (broad SMARTS) is 1. The highest BCUT2D eigenvalue weighted by atomic mass is 16.5. The fourth-order valence-electron chi connectivity index (χ4n) is 5.62. The van der Waals surface area contributed by atoms with Gasteiger partial charge in [0.15, 0.2) is 17.3 Å². The van der Waals surface area contributed by atoms with Crippen LogP contribution in [0.15, 0.2) is 30.3 Å². The first-order chi connectivity index (χ1) is 16.2. The number of hydrogen-bond acceptors (Lipinski definition) is 5. The Kier molecular flexibility index (Phi) is 6.61. The van der Waals surface area contributed by atoms with Crippen LogP contribution in [-0.4, -0.2) is 37.7 Å². The molecule has 0 heterocycles. The first-order valence-corrected chi connectivity index (χ1v) is 12.0. The lowest BCUT2D eigenvalue weighted by Gasteiger charge is -2.45. The Morgan fingerprint density at radius 3 is 2.32 bits per heavy atom. The molecule has 2 aliphatic rings. The van der Waals surface area contributed by atoms with E-state index in [9.17, 15) is 14.7 Å². The van der Waals surface area contributed by atoms with E-state index in [4.69, 9.17) is 14.2 Å². The molecule has 2 aromatic rings. The van der Waals surface area contributed by atoms with Crippen molar-refractivity contribution >= 4 is 11.8 Å². The van der Waals surface area contributed by atoms with Gasteiger partial charge in [-0.2, -0.15) is 0 Å². The first-order valence-electron chi connectivity index (χ1n) is 12.0. The lowest BCUT2D eigenvalue weighted by molar-refractivity contribution is -0.162. The Bertz CT molecular complexity index is 1090. The van der Waals surface area contributed by atoms with Crippen molar-refractivity contribution in [2.45, 2.75) is 58.8 Å². The summed E-state index contributed by atoms with van der Waals surface area (Å²) in [6, 6.07) is 9.62. The summed E-state index contributed by atoms with van der Waals surface area (Å²) in [6.45, 7) is 4.19. The van der Waals surface area contributed by atoms with Crippen LogP contribution in [-0.2, 0) is 11.2 Å². The van der Waals surface area contributed by atoms with Gasteiger partial charge in [0.05, 0.1) is 26.2 Å². The van der Waals surface area contributed by atoms with E-state index < -0.39 is 16.8 Å². The minimum absolute atomic E-state index is 0.179. The number of carbonyl (C=O) groups excluding carboxylic acids is 1. The second kappa shape index (κ2) is 9.32. The summed E-state index contributed by atoms with van der Waals surface area (Å²) in [5, 5.41) is 10.2. The van der Waals surface area contributed by atoms with Crippen molar-refractivity contribution in [3.63, 3.8) is 0 Å². The summed E-state index contributed by atoms with van der Waals surface area (Å²) in [5.41, 5.74) is 2.14. The van der Waals surface area contributed by atoms with Gasteiger partial charge in [0.25, 0.3) is 0 Å². The van der Waals surface area contributed by atoms with Crippen molar-refractivity contribution in [1.82, 2.24) is 0 Å². The Hall–Kier alpha value is -3.02. The standard InChI is InChI=1S/C28H34O6/c1-27(2,28(26(30)31)14-6-5-7-15-28)17-34-24-21(11-13-23(32-3)25(24)33-4)19-8-10-20-18(16-19)9-12-22(20)29/h8,10-11,13,16H,5-7,9,12,14-15,17H2,1-4H3,(H,30,31). The molecule has 2 aromatic carbocycles. The van der Waals surface area contributed by atoms with Crippen molar-refractivity contribution in [3.8, 4) is 28.4 Å². The average molecular weight is 467 g/mol. The van der Waals surface area contributed by atoms with Gasteiger partial charge in [-0.25, -0.2) is 0 Å². The molecule has 4 rings (SSSR count). The van der Waals surface area contributed by atoms with Crippen molar-refractivity contribution in [1.29, 1.82) is 0 Å². The molecule has 1 fully saturated rings. The van der Waals surface area contributed by atoms with Crippen LogP contribution in [0.5, 0.6) is 17.2 Å². The molecule has 0 unspecified atom stereocenters. The highest BCUT2D eigenvalue weighted by Gasteiger charge is 2.52. The third-order valence-corrected chi connectivity index (χ3v) is 7.83. The molecule has 182 valence electrons. The molecule has 2 aliphatic carbocycles. The molecule has 1 saturated carbocycles. The van der Waals surface area contributed by atoms with Gasteiger partial charge < -0.3 is 19.3 Å². The Balaban J connectivity index is 1.73. The number of hydrogen-bond donors (Lipinski definition) is 1. The molecule has 6 nitrogen and oxygen atoms in total. The number of carbonyl (C=O) groups is 2. The third-order valence-electron chi connectivity index (χ3n) is 7.83. The fourth-order valence-corrected chi connectivity index (χ4v) is 5.62. The van der Waals surface area contributed by atoms with Gasteiger partial charge in [0, 0.05) is 23.0 Å². The van der Waals surface area contributed by atoms with Crippen LogP contribution in [0.3, 0.4) is 0 Å². The molecule has 6 heteroatoms. The molecule has 34 heavy (non-hydrogen) atoms. The van der Waals surface area contributed by atoms with Crippen LogP contribution < -0.4 is 14.2 Å². The van der Waals surface area contributed by atoms with E-state index in [2.05, 4.69) is 0 Å². The Morgan fingerprint density at radius 2 is 1.68 bits per heavy atom. The van der Waals surface area contributed by atoms with Crippen molar-refractivity contribution in [3.05, 3.63) is 41.5 Å². The minimum Gasteiger partial charge on any atom is -0.493 e. The van der Waals surface area contributed by atoms with Crippen molar-refractivity contribution in [2.24, 2.45) is 10.8 Å². The van der Waals surface area contributed by atoms with Gasteiger partial charge >= 0.3 is 5.97 Å². The van der Waals surface area contributed by atoms with Gasteiger partial charge in [-0.1, -0.05) is 51.3 Å². The van der Waals surface area contributed by atoms with Crippen molar-refractivity contribution in [2.75, 3.05) is 20.8 Å². The summed E-state index contributed by atoms with van der Waals surface area (Å²) < 4.78 is 17.7. The number of aliphatic carboxylic acids is 1. The molecule has 0 saturated heterocycles. The summed E-state index contributed by atoms with van der Waals surface area (Å²) in [5.74, 6) is 0.970. The van der Waals surface area contributed by atoms with Crippen LogP contribution in [0, 0.1) is 10.8 Å². The number of benzene rings is 2. The fraction of sp³-hybridized carbons (Fsp3) is 0.500. The Morgan fingerprint density at radius 1 is 0.971 bits per heavy atom. The predicted octanol–water partition coefficient (Wildman–Crippen LogP) is 5.94. The van der Waals surface area contributed by atoms with Crippen LogP contribution >= 0.6 is 0 Å². The van der Waals surface area contributed by atoms with Crippen LogP contribution in [0.2, 0.25) is 0 Å². The predicted molar refractivity (Wildman–Crippen MR) is 130 cm³/mol. The van der Waals surface area contributed by atoms with Crippen LogP contribution in [0.4, 0.5) is 0 Å². The molecule has 0 amide bonds. The Labute approximate surface area is 201 Å². The van der Waals surface area contributed by atoms with Crippen LogP contribution in [0.1, 0.15) is 68.3 Å². The zero-order valence-corrected chi connectivity index (χ0v) is 20.5. The van der Waals surface area contributed by atoms with E-state index in [1.54, 1.807) is 14.2 Å². The minimum atomic E-state index is -0.828. The lowest BCUT2D eigenvalue weighted by atomic mass is 9.59. The van der Waals surface area contributed by atoms with Gasteiger partial charge in [-0.05, 0) is 42.5 Å². The van der Waals surface area contributed by atoms with Crippen LogP contribution in [0.25, 0.3) is 11.1 Å². The van der Waals surface area contributed by atoms with Gasteiger partial charge in [0.2, 0.25) is 5.75 Å². The first kappa shape index (κ1) is 24.1. The highest BCUT2D eigenvalue weighted by molar-refractivity contribution is 6.01. The van der Waals surface area contributed by atoms with E-state index >= 15 is 0 Å². The second-order valence-corrected chi connectivity index (χ2v) is 10.1. The van der Waals surface area contributed by atoms with Gasteiger partial charge in [-0.3, -0.25) is 9.59 Å². The number of ketones is 1. The van der Waals surface area contributed by atoms with Gasteiger partial charge in [-0.15, -0.1) is 0 Å². The summed E-state index contributed by atoms with van der Waals surface area (Å²) in [7, 11) is 3.15. The third kappa shape index (κ3) is 4.04. The van der Waals surface area contributed by atoms with E-state index in [-0.39, 0.29) is 12.4 Å². The molecule has 0 radical (unpaired) electrons. The summed E-state index contributed by atoms with van der Waals surface area (Å²) >= 11 is 0. The zero-order valence-electron chi connectivity index (χ0n) is 20.5. The molecule has 0 aromatic heterocycles. The molecule has 1 N–H and O–H groups in total. The summed E-state index contributed by atoms with van der Waals surface area (Å²) in [6.07, 6.45) is 5.48. The number of Topliss-reactive ketones (excluding diaryl/α,β-unsaturated/α-hetero) is 1. The summed E-state index contributed by atoms with van der Waals surface area (Å²) in [4.78, 5) is 24.6. The smallest absolute Gasteiger partial charge is 0.310 e. The molecule has 0 aliphatic heterocycles. The number of aryl methyl sites for hydroxylation is 1. The maximum Gasteiger partial charge on any atom is 0.310 e. The maximum absolute atomic E-state index is 12.5. The number of fused-ring (bicyclic) bond motifs is 1. The van der Waals surface area contributed by atoms with E-state index in [1.165, 1.54) is 0 Å². The molecular formula is C28H34O6. The lowest BCUT2D eigenvalue weighted by Crippen LogP contribution is -2.49. The average Bonchev–Trinajstić information content (AvgIpc) is 3.22. The van der Waals surface area contributed by atoms with Crippen molar-refractivity contribution < 1.29 is 28.9 Å². The zero-order chi connectivity index (χ0) is 24.5. The number of methoxy groups -OCH3 is 2. The monoisotopic (exact) mass is 466 g/mol. The van der Waals surface area contributed by atoms with E-state index in [1.807, 2.05) is 44.2 Å². The SMILES string of the molecule is COc1ccc(-c2ccc3c(c2)CCC3=O)c(OCC(C)(C)C2(C(=O)O)CCCCC2)c1OC. The van der Waals surface area contributed by atoms with E-state index in [0.717, 1.165) is 47.9 Å². The number of carboxylic acids is 1. The molecular weight excluding hydrogens is 432 g/mol. The largest absolute Gasteiger partial charge is 0.493 e. The quantitative estimate of drug-likeness (QED) is 0.518. The number of ether oxygens (including phenoxy) is 3.